The van der Waals surface area contributed by atoms with Gasteiger partial charge in [-0.25, -0.2) is 4.79 Å². The van der Waals surface area contributed by atoms with Crippen molar-refractivity contribution in [1.82, 2.24) is 0 Å². The van der Waals surface area contributed by atoms with Crippen LogP contribution in [0.5, 0.6) is 5.75 Å². The lowest BCUT2D eigenvalue weighted by atomic mass is 10.1. The van der Waals surface area contributed by atoms with Crippen LogP contribution in [0.25, 0.3) is 6.08 Å². The predicted octanol–water partition coefficient (Wildman–Crippen LogP) is 7.07. The van der Waals surface area contributed by atoms with Crippen LogP contribution < -0.4 is 10.1 Å². The summed E-state index contributed by atoms with van der Waals surface area (Å²) in [4.78, 5) is 24.8. The third-order valence-electron chi connectivity index (χ3n) is 4.10. The lowest BCUT2D eigenvalue weighted by molar-refractivity contribution is -0.112. The summed E-state index contributed by atoms with van der Waals surface area (Å²) in [5.41, 5.74) is 0.696. The highest BCUT2D eigenvalue weighted by molar-refractivity contribution is 6.44. The van der Waals surface area contributed by atoms with Crippen molar-refractivity contribution in [2.24, 2.45) is 0 Å². The van der Waals surface area contributed by atoms with Crippen molar-refractivity contribution in [2.75, 3.05) is 5.32 Å². The number of rotatable bonds is 5. The minimum Gasteiger partial charge on any atom is -0.420 e. The molecule has 0 fully saturated rings. The van der Waals surface area contributed by atoms with Crippen LogP contribution in [0.15, 0.2) is 66.2 Å². The molecule has 0 saturated carbocycles. The Morgan fingerprint density at radius 3 is 2.19 bits per heavy atom. The van der Waals surface area contributed by atoms with E-state index >= 15 is 0 Å². The highest BCUT2D eigenvalue weighted by Gasteiger charge is 2.17. The number of halogens is 4. The third-order valence-corrected chi connectivity index (χ3v) is 5.48. The van der Waals surface area contributed by atoms with Gasteiger partial charge in [0.2, 0.25) is 0 Å². The largest absolute Gasteiger partial charge is 0.420 e. The van der Waals surface area contributed by atoms with Gasteiger partial charge in [0.1, 0.15) is 11.6 Å². The molecule has 0 aliphatic rings. The Labute approximate surface area is 203 Å². The van der Waals surface area contributed by atoms with Crippen molar-refractivity contribution >= 4 is 70.0 Å². The Kier molecular flexibility index (Phi) is 7.79. The highest BCUT2D eigenvalue weighted by atomic mass is 35.5. The fraction of sp³-hybridized carbons (Fsp3) is 0. The van der Waals surface area contributed by atoms with Crippen molar-refractivity contribution in [3.05, 3.63) is 97.5 Å². The molecule has 0 radical (unpaired) electrons. The SMILES string of the molecule is N#C/C(=C\c1cc(Cl)c(OC(=O)c2ccccc2)c(Cl)c1)C(=O)Nc1cccc(Cl)c1Cl. The van der Waals surface area contributed by atoms with Gasteiger partial charge >= 0.3 is 5.97 Å². The number of esters is 1. The van der Waals surface area contributed by atoms with Gasteiger partial charge in [0.05, 0.1) is 31.3 Å². The first-order valence-electron chi connectivity index (χ1n) is 8.93. The van der Waals surface area contributed by atoms with Crippen molar-refractivity contribution in [3.63, 3.8) is 0 Å². The summed E-state index contributed by atoms with van der Waals surface area (Å²) in [6, 6.07) is 17.7. The first-order chi connectivity index (χ1) is 15.3. The normalized spacial score (nSPS) is 10.9. The van der Waals surface area contributed by atoms with Crippen LogP contribution in [-0.4, -0.2) is 11.9 Å². The molecule has 160 valence electrons. The zero-order chi connectivity index (χ0) is 23.3. The lowest BCUT2D eigenvalue weighted by Gasteiger charge is -2.10. The first kappa shape index (κ1) is 23.6. The van der Waals surface area contributed by atoms with Crippen LogP contribution in [0.4, 0.5) is 5.69 Å². The minimum absolute atomic E-state index is 0.0311. The molecule has 0 aliphatic carbocycles. The molecule has 0 atom stereocenters. The van der Waals surface area contributed by atoms with Crippen molar-refractivity contribution in [3.8, 4) is 11.8 Å². The van der Waals surface area contributed by atoms with Crippen LogP contribution in [0.1, 0.15) is 15.9 Å². The quantitative estimate of drug-likeness (QED) is 0.174. The summed E-state index contributed by atoms with van der Waals surface area (Å²) in [5.74, 6) is -1.37. The first-order valence-corrected chi connectivity index (χ1v) is 10.4. The summed E-state index contributed by atoms with van der Waals surface area (Å²) in [6.45, 7) is 0. The summed E-state index contributed by atoms with van der Waals surface area (Å²) in [6.07, 6.45) is 1.29. The molecular formula is C23H12Cl4N2O3. The molecule has 0 aromatic heterocycles. The van der Waals surface area contributed by atoms with E-state index in [9.17, 15) is 14.9 Å². The molecule has 0 saturated heterocycles. The molecule has 3 rings (SSSR count). The molecule has 0 heterocycles. The smallest absolute Gasteiger partial charge is 0.343 e. The zero-order valence-electron chi connectivity index (χ0n) is 16.0. The molecule has 0 spiro atoms. The van der Waals surface area contributed by atoms with E-state index in [1.54, 1.807) is 48.5 Å². The molecule has 3 aromatic carbocycles. The number of nitriles is 1. The second-order valence-corrected chi connectivity index (χ2v) is 7.89. The van der Waals surface area contributed by atoms with Crippen molar-refractivity contribution < 1.29 is 14.3 Å². The van der Waals surface area contributed by atoms with Gasteiger partial charge in [-0.15, -0.1) is 0 Å². The highest BCUT2D eigenvalue weighted by Crippen LogP contribution is 2.35. The summed E-state index contributed by atoms with van der Waals surface area (Å²) in [7, 11) is 0. The molecular weight excluding hydrogens is 494 g/mol. The average molecular weight is 506 g/mol. The lowest BCUT2D eigenvalue weighted by Crippen LogP contribution is -2.13. The topological polar surface area (TPSA) is 79.2 Å². The standard InChI is InChI=1S/C23H12Cl4N2O3/c24-16-7-4-8-19(20(16)27)29-22(30)15(12-28)9-13-10-17(25)21(18(26)11-13)32-23(31)14-5-2-1-3-6-14/h1-11H,(H,29,30)/b15-9+. The van der Waals surface area contributed by atoms with E-state index in [4.69, 9.17) is 51.1 Å². The Balaban J connectivity index is 1.84. The zero-order valence-corrected chi connectivity index (χ0v) is 19.1. The molecule has 32 heavy (non-hydrogen) atoms. The Morgan fingerprint density at radius 2 is 1.56 bits per heavy atom. The molecule has 3 aromatic rings. The number of anilines is 1. The van der Waals surface area contributed by atoms with E-state index in [1.807, 2.05) is 6.07 Å². The molecule has 1 amide bonds. The number of benzene rings is 3. The Morgan fingerprint density at radius 1 is 0.906 bits per heavy atom. The average Bonchev–Trinajstić information content (AvgIpc) is 2.78. The maximum atomic E-state index is 12.5. The molecule has 0 bridgehead atoms. The van der Waals surface area contributed by atoms with Gasteiger partial charge in [-0.05, 0) is 48.0 Å². The van der Waals surface area contributed by atoms with Crippen LogP contribution >= 0.6 is 46.4 Å². The van der Waals surface area contributed by atoms with Gasteiger partial charge in [0.25, 0.3) is 5.91 Å². The number of ether oxygens (including phenoxy) is 1. The summed E-state index contributed by atoms with van der Waals surface area (Å²) in [5, 5.41) is 12.4. The number of nitrogens with zero attached hydrogens (tertiary/aromatic N) is 1. The summed E-state index contributed by atoms with van der Waals surface area (Å²) >= 11 is 24.5. The number of carbonyl (C=O) groups is 2. The van der Waals surface area contributed by atoms with E-state index in [2.05, 4.69) is 5.32 Å². The van der Waals surface area contributed by atoms with Crippen LogP contribution in [0.3, 0.4) is 0 Å². The Hall–Kier alpha value is -3.01. The number of amides is 1. The monoisotopic (exact) mass is 504 g/mol. The van der Waals surface area contributed by atoms with Gasteiger partial charge in [-0.2, -0.15) is 5.26 Å². The summed E-state index contributed by atoms with van der Waals surface area (Å²) < 4.78 is 5.30. The second kappa shape index (κ2) is 10.5. The molecule has 9 heteroatoms. The second-order valence-electron chi connectivity index (χ2n) is 6.29. The van der Waals surface area contributed by atoms with E-state index < -0.39 is 11.9 Å². The fourth-order valence-electron chi connectivity index (χ4n) is 2.59. The van der Waals surface area contributed by atoms with E-state index in [1.165, 1.54) is 18.2 Å². The minimum atomic E-state index is -0.705. The molecule has 0 aliphatic heterocycles. The molecule has 0 unspecified atom stereocenters. The van der Waals surface area contributed by atoms with Gasteiger partial charge in [0, 0.05) is 0 Å². The van der Waals surface area contributed by atoms with E-state index in [0.29, 0.717) is 11.1 Å². The number of carbonyl (C=O) groups excluding carboxylic acids is 2. The maximum absolute atomic E-state index is 12.5. The number of nitrogens with one attached hydrogen (secondary N) is 1. The van der Waals surface area contributed by atoms with Gasteiger partial charge in [-0.1, -0.05) is 70.7 Å². The van der Waals surface area contributed by atoms with Crippen LogP contribution in [0.2, 0.25) is 20.1 Å². The predicted molar refractivity (Wildman–Crippen MR) is 127 cm³/mol. The molecule has 5 nitrogen and oxygen atoms in total. The van der Waals surface area contributed by atoms with Gasteiger partial charge in [-0.3, -0.25) is 4.79 Å². The maximum Gasteiger partial charge on any atom is 0.343 e. The van der Waals surface area contributed by atoms with Crippen molar-refractivity contribution in [2.45, 2.75) is 0 Å². The van der Waals surface area contributed by atoms with E-state index in [0.717, 1.165) is 0 Å². The van der Waals surface area contributed by atoms with Crippen molar-refractivity contribution in [1.29, 1.82) is 5.26 Å². The number of hydrogen-bond donors (Lipinski definition) is 1. The van der Waals surface area contributed by atoms with Gasteiger partial charge in [0.15, 0.2) is 5.75 Å². The molecule has 1 N–H and O–H groups in total. The number of hydrogen-bond acceptors (Lipinski definition) is 4. The van der Waals surface area contributed by atoms with E-state index in [-0.39, 0.29) is 37.1 Å². The van der Waals surface area contributed by atoms with Gasteiger partial charge < -0.3 is 10.1 Å². The Bertz CT molecular complexity index is 1240. The third kappa shape index (κ3) is 5.61. The fourth-order valence-corrected chi connectivity index (χ4v) is 3.52. The van der Waals surface area contributed by atoms with Crippen LogP contribution in [0, 0.1) is 11.3 Å². The van der Waals surface area contributed by atoms with Crippen LogP contribution in [-0.2, 0) is 4.79 Å².